The van der Waals surface area contributed by atoms with Crippen molar-refractivity contribution in [1.82, 2.24) is 10.6 Å². The molecule has 1 heterocycles. The number of benzene rings is 3. The summed E-state index contributed by atoms with van der Waals surface area (Å²) in [5.74, 6) is -0.0360. The van der Waals surface area contributed by atoms with E-state index in [1.54, 1.807) is 0 Å². The quantitative estimate of drug-likeness (QED) is 0.541. The van der Waals surface area contributed by atoms with E-state index in [0.717, 1.165) is 30.8 Å². The van der Waals surface area contributed by atoms with Crippen LogP contribution in [0.3, 0.4) is 0 Å². The average molecular weight is 388 g/mol. The molecule has 4 rings (SSSR count). The summed E-state index contributed by atoms with van der Waals surface area (Å²) in [6.07, 6.45) is 2.01. The number of carbonyl (C=O) groups is 1. The maximum Gasteiger partial charge on any atom is 0.251 e. The van der Waals surface area contributed by atoms with Crippen LogP contribution in [-0.4, -0.2) is 24.5 Å². The number of anilines is 1. The van der Waals surface area contributed by atoms with Crippen LogP contribution in [0, 0.1) is 0 Å². The van der Waals surface area contributed by atoms with Gasteiger partial charge in [0.05, 0.1) is 6.04 Å². The Balaban J connectivity index is 1.63. The Morgan fingerprint density at radius 1 is 1.10 bits per heavy atom. The number of nitrogens with one attached hydrogen (secondary N) is 3. The molecule has 4 heteroatoms. The summed E-state index contributed by atoms with van der Waals surface area (Å²) in [7, 11) is 0. The van der Waals surface area contributed by atoms with Gasteiger partial charge in [0, 0.05) is 23.3 Å². The van der Waals surface area contributed by atoms with E-state index in [0.29, 0.717) is 5.56 Å². The molecule has 3 aromatic carbocycles. The van der Waals surface area contributed by atoms with Crippen LogP contribution in [-0.2, 0) is 0 Å². The molecule has 3 N–H and O–H groups in total. The molecule has 1 fully saturated rings. The maximum absolute atomic E-state index is 12.8. The highest BCUT2D eigenvalue weighted by atomic mass is 16.1. The highest BCUT2D eigenvalue weighted by Gasteiger charge is 2.30. The van der Waals surface area contributed by atoms with Gasteiger partial charge in [-0.15, -0.1) is 0 Å². The molecule has 0 radical (unpaired) electrons. The SMILES string of the molecule is CC[C@@H](NC(=O)c1ccccc1)c1cc(NCC2(C)CCN2)cc2ccccc12. The normalized spacial score (nSPS) is 19.4. The van der Waals surface area contributed by atoms with Crippen LogP contribution >= 0.6 is 0 Å². The fraction of sp³-hybridized carbons (Fsp3) is 0.320. The number of fused-ring (bicyclic) bond motifs is 1. The molecule has 0 spiro atoms. The summed E-state index contributed by atoms with van der Waals surface area (Å²) in [6.45, 7) is 6.34. The summed E-state index contributed by atoms with van der Waals surface area (Å²) in [5.41, 5.74) is 3.11. The highest BCUT2D eigenvalue weighted by molar-refractivity contribution is 5.95. The first-order valence-electron chi connectivity index (χ1n) is 10.5. The van der Waals surface area contributed by atoms with Gasteiger partial charge in [-0.25, -0.2) is 0 Å². The Morgan fingerprint density at radius 3 is 2.52 bits per heavy atom. The monoisotopic (exact) mass is 387 g/mol. The number of hydrogen-bond donors (Lipinski definition) is 3. The Kier molecular flexibility index (Phi) is 5.54. The van der Waals surface area contributed by atoms with Crippen molar-refractivity contribution < 1.29 is 4.79 Å². The van der Waals surface area contributed by atoms with Crippen LogP contribution < -0.4 is 16.0 Å². The summed E-state index contributed by atoms with van der Waals surface area (Å²) in [6, 6.07) is 22.2. The second kappa shape index (κ2) is 8.26. The predicted octanol–water partition coefficient (Wildman–Crippen LogP) is 4.88. The average Bonchev–Trinajstić information content (AvgIpc) is 2.74. The molecule has 150 valence electrons. The van der Waals surface area contributed by atoms with Crippen LogP contribution in [0.2, 0.25) is 0 Å². The minimum atomic E-state index is -0.0493. The van der Waals surface area contributed by atoms with Gasteiger partial charge >= 0.3 is 0 Å². The third kappa shape index (κ3) is 4.28. The lowest BCUT2D eigenvalue weighted by molar-refractivity contribution is 0.0936. The Morgan fingerprint density at radius 2 is 1.83 bits per heavy atom. The van der Waals surface area contributed by atoms with E-state index in [9.17, 15) is 4.79 Å². The third-order valence-corrected chi connectivity index (χ3v) is 5.93. The van der Waals surface area contributed by atoms with Gasteiger partial charge in [0.15, 0.2) is 0 Å². The Bertz CT molecular complexity index is 995. The number of hydrogen-bond acceptors (Lipinski definition) is 3. The number of rotatable bonds is 7. The van der Waals surface area contributed by atoms with Gasteiger partial charge < -0.3 is 16.0 Å². The van der Waals surface area contributed by atoms with Gasteiger partial charge in [0.25, 0.3) is 5.91 Å². The zero-order valence-corrected chi connectivity index (χ0v) is 17.2. The standard InChI is InChI=1S/C25H29N3O/c1-3-23(28-24(29)18-9-5-4-6-10-18)22-16-20(26-17-25(2)13-14-27-25)15-19-11-7-8-12-21(19)22/h4-12,15-16,23,26-27H,3,13-14,17H2,1-2H3,(H,28,29)/t23-,25?/m1/s1. The largest absolute Gasteiger partial charge is 0.383 e. The van der Waals surface area contributed by atoms with Gasteiger partial charge in [0.2, 0.25) is 0 Å². The van der Waals surface area contributed by atoms with E-state index in [-0.39, 0.29) is 17.5 Å². The van der Waals surface area contributed by atoms with E-state index >= 15 is 0 Å². The van der Waals surface area contributed by atoms with Gasteiger partial charge in [-0.3, -0.25) is 4.79 Å². The Hall–Kier alpha value is -2.85. The molecule has 4 nitrogen and oxygen atoms in total. The van der Waals surface area contributed by atoms with Crippen LogP contribution in [0.15, 0.2) is 66.7 Å². The van der Waals surface area contributed by atoms with E-state index < -0.39 is 0 Å². The molecule has 0 aromatic heterocycles. The lowest BCUT2D eigenvalue weighted by Crippen LogP contribution is -2.58. The van der Waals surface area contributed by atoms with Crippen molar-refractivity contribution in [2.45, 2.75) is 38.3 Å². The lowest BCUT2D eigenvalue weighted by atomic mass is 9.90. The number of carbonyl (C=O) groups excluding carboxylic acids is 1. The van der Waals surface area contributed by atoms with Crippen molar-refractivity contribution in [2.24, 2.45) is 0 Å². The minimum absolute atomic E-state index is 0.0360. The first-order valence-corrected chi connectivity index (χ1v) is 10.5. The fourth-order valence-corrected chi connectivity index (χ4v) is 3.96. The topological polar surface area (TPSA) is 53.2 Å². The maximum atomic E-state index is 12.8. The first kappa shape index (κ1) is 19.5. The zero-order chi connectivity index (χ0) is 20.3. The fourth-order valence-electron chi connectivity index (χ4n) is 3.96. The molecule has 1 saturated heterocycles. The third-order valence-electron chi connectivity index (χ3n) is 5.93. The van der Waals surface area contributed by atoms with Crippen molar-refractivity contribution in [3.05, 3.63) is 77.9 Å². The molecular formula is C25H29N3O. The molecule has 29 heavy (non-hydrogen) atoms. The van der Waals surface area contributed by atoms with E-state index in [2.05, 4.69) is 66.2 Å². The first-order chi connectivity index (χ1) is 14.1. The molecule has 1 unspecified atom stereocenters. The molecule has 2 atom stereocenters. The molecule has 1 amide bonds. The molecule has 0 bridgehead atoms. The van der Waals surface area contributed by atoms with Crippen molar-refractivity contribution in [3.8, 4) is 0 Å². The van der Waals surface area contributed by atoms with Crippen molar-refractivity contribution in [1.29, 1.82) is 0 Å². The Labute approximate surface area is 172 Å². The zero-order valence-electron chi connectivity index (χ0n) is 17.2. The molecular weight excluding hydrogens is 358 g/mol. The summed E-state index contributed by atoms with van der Waals surface area (Å²) >= 11 is 0. The van der Waals surface area contributed by atoms with E-state index in [1.165, 1.54) is 17.2 Å². The predicted molar refractivity (Wildman–Crippen MR) is 120 cm³/mol. The molecule has 1 aliphatic heterocycles. The van der Waals surface area contributed by atoms with Crippen molar-refractivity contribution >= 4 is 22.4 Å². The minimum Gasteiger partial charge on any atom is -0.383 e. The highest BCUT2D eigenvalue weighted by Crippen LogP contribution is 2.31. The van der Waals surface area contributed by atoms with Crippen LogP contribution in [0.5, 0.6) is 0 Å². The van der Waals surface area contributed by atoms with Gasteiger partial charge in [-0.05, 0) is 66.9 Å². The molecule has 0 saturated carbocycles. The van der Waals surface area contributed by atoms with Crippen molar-refractivity contribution in [3.63, 3.8) is 0 Å². The van der Waals surface area contributed by atoms with Crippen LogP contribution in [0.25, 0.3) is 10.8 Å². The summed E-state index contributed by atoms with van der Waals surface area (Å²) < 4.78 is 0. The second-order valence-electron chi connectivity index (χ2n) is 8.18. The van der Waals surface area contributed by atoms with Gasteiger partial charge in [-0.1, -0.05) is 49.4 Å². The summed E-state index contributed by atoms with van der Waals surface area (Å²) in [4.78, 5) is 12.8. The van der Waals surface area contributed by atoms with Crippen LogP contribution in [0.4, 0.5) is 5.69 Å². The second-order valence-corrected chi connectivity index (χ2v) is 8.18. The smallest absolute Gasteiger partial charge is 0.251 e. The van der Waals surface area contributed by atoms with Crippen LogP contribution in [0.1, 0.15) is 48.7 Å². The lowest BCUT2D eigenvalue weighted by Gasteiger charge is -2.40. The van der Waals surface area contributed by atoms with E-state index in [1.807, 2.05) is 30.3 Å². The van der Waals surface area contributed by atoms with Gasteiger partial charge in [-0.2, -0.15) is 0 Å². The molecule has 1 aliphatic rings. The number of amides is 1. The molecule has 3 aromatic rings. The van der Waals surface area contributed by atoms with E-state index in [4.69, 9.17) is 0 Å². The van der Waals surface area contributed by atoms with Gasteiger partial charge in [0.1, 0.15) is 0 Å². The molecule has 0 aliphatic carbocycles. The van der Waals surface area contributed by atoms with Crippen molar-refractivity contribution in [2.75, 3.05) is 18.4 Å². The summed E-state index contributed by atoms with van der Waals surface area (Å²) in [5, 5.41) is 12.7.